The third-order valence-corrected chi connectivity index (χ3v) is 5.21. The van der Waals surface area contributed by atoms with E-state index in [1.807, 2.05) is 4.68 Å². The summed E-state index contributed by atoms with van der Waals surface area (Å²) in [6, 6.07) is 0. The number of aliphatic hydroxyl groups is 1. The lowest BCUT2D eigenvalue weighted by Crippen LogP contribution is -2.26. The van der Waals surface area contributed by atoms with Gasteiger partial charge in [-0.25, -0.2) is 0 Å². The molecule has 0 bridgehead atoms. The number of halogens is 1. The van der Waals surface area contributed by atoms with Crippen molar-refractivity contribution in [2.45, 2.75) is 71.4 Å². The maximum absolute atomic E-state index is 10.5. The van der Waals surface area contributed by atoms with Gasteiger partial charge in [0.15, 0.2) is 0 Å². The maximum atomic E-state index is 10.5. The van der Waals surface area contributed by atoms with Gasteiger partial charge in [-0.1, -0.05) is 26.2 Å². The average molecular weight is 329 g/mol. The number of hydrogen-bond acceptors (Lipinski definition) is 2. The molecule has 1 heterocycles. The van der Waals surface area contributed by atoms with E-state index in [0.717, 1.165) is 35.2 Å². The first-order valence-electron chi connectivity index (χ1n) is 7.59. The van der Waals surface area contributed by atoms with Crippen molar-refractivity contribution in [3.63, 3.8) is 0 Å². The van der Waals surface area contributed by atoms with Crippen LogP contribution < -0.4 is 0 Å². The largest absolute Gasteiger partial charge is 0.392 e. The zero-order valence-corrected chi connectivity index (χ0v) is 13.6. The normalized spacial score (nSPS) is 18.7. The maximum Gasteiger partial charge on any atom is 0.0766 e. The van der Waals surface area contributed by atoms with Gasteiger partial charge < -0.3 is 5.11 Å². The van der Waals surface area contributed by atoms with Crippen LogP contribution in [0.2, 0.25) is 0 Å². The number of aromatic nitrogens is 2. The second-order valence-corrected chi connectivity index (χ2v) is 6.34. The third-order valence-electron chi connectivity index (χ3n) is 4.29. The van der Waals surface area contributed by atoms with Crippen LogP contribution in [0.1, 0.15) is 57.3 Å². The highest BCUT2D eigenvalue weighted by molar-refractivity contribution is 9.10. The first-order chi connectivity index (χ1) is 9.17. The van der Waals surface area contributed by atoms with E-state index in [4.69, 9.17) is 0 Å². The molecular weight excluding hydrogens is 304 g/mol. The Morgan fingerprint density at radius 2 is 2.00 bits per heavy atom. The Bertz CT molecular complexity index is 411. The first kappa shape index (κ1) is 15.0. The van der Waals surface area contributed by atoms with Crippen molar-refractivity contribution in [2.75, 3.05) is 0 Å². The van der Waals surface area contributed by atoms with E-state index in [2.05, 4.69) is 34.9 Å². The number of aliphatic hydroxyl groups excluding tert-OH is 1. The second kappa shape index (κ2) is 6.89. The van der Waals surface area contributed by atoms with Crippen molar-refractivity contribution < 1.29 is 5.11 Å². The van der Waals surface area contributed by atoms with Gasteiger partial charge in [-0.15, -0.1) is 0 Å². The molecule has 3 nitrogen and oxygen atoms in total. The topological polar surface area (TPSA) is 38.0 Å². The van der Waals surface area contributed by atoms with Crippen molar-refractivity contribution in [1.82, 2.24) is 9.78 Å². The van der Waals surface area contributed by atoms with Gasteiger partial charge >= 0.3 is 0 Å². The van der Waals surface area contributed by atoms with E-state index in [0.29, 0.717) is 5.92 Å². The zero-order valence-electron chi connectivity index (χ0n) is 12.0. The van der Waals surface area contributed by atoms with E-state index < -0.39 is 0 Å². The summed E-state index contributed by atoms with van der Waals surface area (Å²) >= 11 is 3.66. The van der Waals surface area contributed by atoms with Gasteiger partial charge in [-0.05, 0) is 48.0 Å². The Morgan fingerprint density at radius 3 is 2.58 bits per heavy atom. The molecule has 1 aliphatic carbocycles. The Kier molecular flexibility index (Phi) is 5.46. The molecule has 1 aliphatic rings. The molecule has 1 saturated carbocycles. The number of rotatable bonds is 5. The van der Waals surface area contributed by atoms with Crippen LogP contribution >= 0.6 is 15.9 Å². The summed E-state index contributed by atoms with van der Waals surface area (Å²) in [5, 5.41) is 15.1. The van der Waals surface area contributed by atoms with Crippen LogP contribution in [0.4, 0.5) is 0 Å². The van der Waals surface area contributed by atoms with Gasteiger partial charge in [0, 0.05) is 13.0 Å². The first-order valence-corrected chi connectivity index (χ1v) is 8.38. The van der Waals surface area contributed by atoms with Crippen molar-refractivity contribution in [3.8, 4) is 0 Å². The molecule has 1 aromatic rings. The van der Waals surface area contributed by atoms with Gasteiger partial charge in [-0.3, -0.25) is 4.68 Å². The van der Waals surface area contributed by atoms with Crippen LogP contribution in [0, 0.1) is 5.92 Å². The standard InChI is InChI=1S/C15H25BrN2O/c1-3-12-15(16)13(18(4-2)17-12)10-14(19)11-8-6-5-7-9-11/h11,14,19H,3-10H2,1-2H3. The molecule has 1 atom stereocenters. The lowest BCUT2D eigenvalue weighted by atomic mass is 9.84. The molecule has 19 heavy (non-hydrogen) atoms. The highest BCUT2D eigenvalue weighted by atomic mass is 79.9. The number of hydrogen-bond donors (Lipinski definition) is 1. The molecule has 0 radical (unpaired) electrons. The molecule has 0 saturated heterocycles. The minimum atomic E-state index is -0.219. The second-order valence-electron chi connectivity index (χ2n) is 5.55. The van der Waals surface area contributed by atoms with E-state index in [1.165, 1.54) is 32.1 Å². The lowest BCUT2D eigenvalue weighted by molar-refractivity contribution is 0.0831. The van der Waals surface area contributed by atoms with Crippen molar-refractivity contribution in [3.05, 3.63) is 15.9 Å². The molecule has 0 spiro atoms. The van der Waals surface area contributed by atoms with E-state index >= 15 is 0 Å². The average Bonchev–Trinajstić information content (AvgIpc) is 2.76. The highest BCUT2D eigenvalue weighted by Gasteiger charge is 2.25. The van der Waals surface area contributed by atoms with Gasteiger partial charge in [0.25, 0.3) is 0 Å². The summed E-state index contributed by atoms with van der Waals surface area (Å²) < 4.78 is 3.14. The number of aryl methyl sites for hydroxylation is 2. The summed E-state index contributed by atoms with van der Waals surface area (Å²) in [6.45, 7) is 5.09. The molecular formula is C15H25BrN2O. The Morgan fingerprint density at radius 1 is 1.32 bits per heavy atom. The van der Waals surface area contributed by atoms with Crippen molar-refractivity contribution >= 4 is 15.9 Å². The molecule has 1 aromatic heterocycles. The van der Waals surface area contributed by atoms with E-state index in [1.54, 1.807) is 0 Å². The molecule has 0 aromatic carbocycles. The molecule has 4 heteroatoms. The Labute approximate surface area is 124 Å². The third kappa shape index (κ3) is 3.40. The quantitative estimate of drug-likeness (QED) is 0.894. The van der Waals surface area contributed by atoms with E-state index in [9.17, 15) is 5.11 Å². The fourth-order valence-corrected chi connectivity index (χ4v) is 3.82. The molecule has 0 amide bonds. The smallest absolute Gasteiger partial charge is 0.0766 e. The predicted molar refractivity (Wildman–Crippen MR) is 81.3 cm³/mol. The SMILES string of the molecule is CCc1nn(CC)c(CC(O)C2CCCCC2)c1Br. The van der Waals surface area contributed by atoms with Crippen LogP contribution in [-0.2, 0) is 19.4 Å². The minimum absolute atomic E-state index is 0.219. The zero-order chi connectivity index (χ0) is 13.8. The van der Waals surface area contributed by atoms with Crippen LogP contribution in [0.15, 0.2) is 4.47 Å². The molecule has 1 N–H and O–H groups in total. The Balaban J connectivity index is 2.10. The Hall–Kier alpha value is -0.350. The number of nitrogens with zero attached hydrogens (tertiary/aromatic N) is 2. The van der Waals surface area contributed by atoms with Gasteiger partial charge in [-0.2, -0.15) is 5.10 Å². The molecule has 1 unspecified atom stereocenters. The summed E-state index contributed by atoms with van der Waals surface area (Å²) in [5.74, 6) is 0.478. The summed E-state index contributed by atoms with van der Waals surface area (Å²) in [7, 11) is 0. The van der Waals surface area contributed by atoms with E-state index in [-0.39, 0.29) is 6.10 Å². The van der Waals surface area contributed by atoms with Crippen molar-refractivity contribution in [2.24, 2.45) is 5.92 Å². The highest BCUT2D eigenvalue weighted by Crippen LogP contribution is 2.30. The fraction of sp³-hybridized carbons (Fsp3) is 0.800. The van der Waals surface area contributed by atoms with Crippen LogP contribution in [-0.4, -0.2) is 21.0 Å². The fourth-order valence-electron chi connectivity index (χ4n) is 3.10. The van der Waals surface area contributed by atoms with Crippen LogP contribution in [0.25, 0.3) is 0 Å². The van der Waals surface area contributed by atoms with Crippen LogP contribution in [0.3, 0.4) is 0 Å². The van der Waals surface area contributed by atoms with Crippen molar-refractivity contribution in [1.29, 1.82) is 0 Å². The molecule has 0 aliphatic heterocycles. The van der Waals surface area contributed by atoms with Crippen LogP contribution in [0.5, 0.6) is 0 Å². The van der Waals surface area contributed by atoms with Gasteiger partial charge in [0.2, 0.25) is 0 Å². The summed E-state index contributed by atoms with van der Waals surface area (Å²) in [4.78, 5) is 0. The van der Waals surface area contributed by atoms with Gasteiger partial charge in [0.1, 0.15) is 0 Å². The monoisotopic (exact) mass is 328 g/mol. The summed E-state index contributed by atoms with van der Waals surface area (Å²) in [5.41, 5.74) is 2.27. The molecule has 2 rings (SSSR count). The molecule has 1 fully saturated rings. The molecule has 108 valence electrons. The minimum Gasteiger partial charge on any atom is -0.392 e. The van der Waals surface area contributed by atoms with Gasteiger partial charge in [0.05, 0.1) is 22.0 Å². The predicted octanol–water partition coefficient (Wildman–Crippen LogP) is 3.71. The summed E-state index contributed by atoms with van der Waals surface area (Å²) in [6.07, 6.45) is 7.68. The lowest BCUT2D eigenvalue weighted by Gasteiger charge is -2.26.